The standard InChI is InChI=1S/C22H23N5O/c28-22(23-17-18-7-3-1-4-8-18)20-11-12-21(25-24-20)27-15-13-26(14-16-27)19-9-5-2-6-10-19/h1-12H,13-17H2,(H,23,28). The van der Waals surface area contributed by atoms with Crippen molar-refractivity contribution in [3.8, 4) is 0 Å². The molecular formula is C22H23N5O. The van der Waals surface area contributed by atoms with Crippen molar-refractivity contribution in [3.05, 3.63) is 84.1 Å². The van der Waals surface area contributed by atoms with E-state index in [1.165, 1.54) is 5.69 Å². The fraction of sp³-hybridized carbons (Fsp3) is 0.227. The van der Waals surface area contributed by atoms with E-state index < -0.39 is 0 Å². The van der Waals surface area contributed by atoms with Gasteiger partial charge in [0.2, 0.25) is 0 Å². The summed E-state index contributed by atoms with van der Waals surface area (Å²) in [4.78, 5) is 16.8. The molecule has 0 unspecified atom stereocenters. The maximum absolute atomic E-state index is 12.3. The summed E-state index contributed by atoms with van der Waals surface area (Å²) < 4.78 is 0. The van der Waals surface area contributed by atoms with Crippen LogP contribution in [0.3, 0.4) is 0 Å². The Bertz CT molecular complexity index is 891. The molecule has 1 aliphatic rings. The van der Waals surface area contributed by atoms with Gasteiger partial charge in [0.05, 0.1) is 0 Å². The van der Waals surface area contributed by atoms with Gasteiger partial charge in [-0.2, -0.15) is 0 Å². The highest BCUT2D eigenvalue weighted by Crippen LogP contribution is 2.18. The summed E-state index contributed by atoms with van der Waals surface area (Å²) in [5.41, 5.74) is 2.64. The minimum Gasteiger partial charge on any atom is -0.368 e. The number of benzene rings is 2. The molecule has 0 aliphatic carbocycles. The van der Waals surface area contributed by atoms with Gasteiger partial charge < -0.3 is 15.1 Å². The number of aromatic nitrogens is 2. The minimum absolute atomic E-state index is 0.211. The minimum atomic E-state index is -0.211. The maximum Gasteiger partial charge on any atom is 0.272 e. The first-order valence-electron chi connectivity index (χ1n) is 9.50. The van der Waals surface area contributed by atoms with E-state index >= 15 is 0 Å². The Kier molecular flexibility index (Phi) is 5.47. The summed E-state index contributed by atoms with van der Waals surface area (Å²) in [6.45, 7) is 4.10. The van der Waals surface area contributed by atoms with E-state index in [0.717, 1.165) is 37.6 Å². The molecule has 1 aliphatic heterocycles. The molecule has 0 atom stereocenters. The van der Waals surface area contributed by atoms with Crippen LogP contribution in [0.1, 0.15) is 16.1 Å². The van der Waals surface area contributed by atoms with Crippen LogP contribution in [-0.4, -0.2) is 42.3 Å². The number of piperazine rings is 1. The molecule has 6 heteroatoms. The van der Waals surface area contributed by atoms with Crippen molar-refractivity contribution in [2.75, 3.05) is 36.0 Å². The van der Waals surface area contributed by atoms with E-state index in [9.17, 15) is 4.79 Å². The molecule has 1 aromatic heterocycles. The summed E-state index contributed by atoms with van der Waals surface area (Å²) in [5, 5.41) is 11.3. The van der Waals surface area contributed by atoms with Crippen LogP contribution < -0.4 is 15.1 Å². The predicted molar refractivity (Wildman–Crippen MR) is 111 cm³/mol. The number of amides is 1. The molecule has 142 valence electrons. The van der Waals surface area contributed by atoms with E-state index in [0.29, 0.717) is 12.2 Å². The number of nitrogens with zero attached hydrogens (tertiary/aromatic N) is 4. The lowest BCUT2D eigenvalue weighted by Crippen LogP contribution is -2.46. The van der Waals surface area contributed by atoms with Crippen LogP contribution in [0.5, 0.6) is 0 Å². The van der Waals surface area contributed by atoms with Crippen LogP contribution in [0.4, 0.5) is 11.5 Å². The third kappa shape index (κ3) is 4.28. The van der Waals surface area contributed by atoms with Crippen molar-refractivity contribution in [1.82, 2.24) is 15.5 Å². The Balaban J connectivity index is 1.31. The van der Waals surface area contributed by atoms with E-state index in [1.54, 1.807) is 6.07 Å². The van der Waals surface area contributed by atoms with Crippen molar-refractivity contribution in [3.63, 3.8) is 0 Å². The van der Waals surface area contributed by atoms with Crippen molar-refractivity contribution in [2.24, 2.45) is 0 Å². The SMILES string of the molecule is O=C(NCc1ccccc1)c1ccc(N2CCN(c3ccccc3)CC2)nn1. The molecular weight excluding hydrogens is 350 g/mol. The first-order chi connectivity index (χ1) is 13.8. The number of carbonyl (C=O) groups is 1. The van der Waals surface area contributed by atoms with E-state index in [1.807, 2.05) is 42.5 Å². The zero-order valence-electron chi connectivity index (χ0n) is 15.7. The Labute approximate surface area is 164 Å². The first kappa shape index (κ1) is 18.0. The van der Waals surface area contributed by atoms with E-state index in [2.05, 4.69) is 49.6 Å². The van der Waals surface area contributed by atoms with Crippen molar-refractivity contribution < 1.29 is 4.79 Å². The lowest BCUT2D eigenvalue weighted by Gasteiger charge is -2.36. The molecule has 4 rings (SSSR count). The van der Waals surface area contributed by atoms with Crippen LogP contribution in [0.25, 0.3) is 0 Å². The second-order valence-corrected chi connectivity index (χ2v) is 6.75. The van der Waals surface area contributed by atoms with Gasteiger partial charge in [-0.25, -0.2) is 0 Å². The molecule has 0 bridgehead atoms. The third-order valence-electron chi connectivity index (χ3n) is 4.90. The molecule has 0 saturated carbocycles. The van der Waals surface area contributed by atoms with E-state index in [4.69, 9.17) is 0 Å². The molecule has 2 aromatic carbocycles. The van der Waals surface area contributed by atoms with Gasteiger partial charge in [-0.3, -0.25) is 4.79 Å². The fourth-order valence-corrected chi connectivity index (χ4v) is 3.32. The lowest BCUT2D eigenvalue weighted by molar-refractivity contribution is 0.0945. The van der Waals surface area contributed by atoms with Gasteiger partial charge in [-0.05, 0) is 29.8 Å². The molecule has 1 N–H and O–H groups in total. The van der Waals surface area contributed by atoms with Gasteiger partial charge in [0.25, 0.3) is 5.91 Å². The monoisotopic (exact) mass is 373 g/mol. The van der Waals surface area contributed by atoms with Gasteiger partial charge in [0.1, 0.15) is 0 Å². The fourth-order valence-electron chi connectivity index (χ4n) is 3.32. The number of hydrogen-bond donors (Lipinski definition) is 1. The summed E-state index contributed by atoms with van der Waals surface area (Å²) >= 11 is 0. The normalized spacial score (nSPS) is 14.0. The number of hydrogen-bond acceptors (Lipinski definition) is 5. The van der Waals surface area contributed by atoms with Gasteiger partial charge in [-0.1, -0.05) is 48.5 Å². The molecule has 1 saturated heterocycles. The van der Waals surface area contributed by atoms with Gasteiger partial charge >= 0.3 is 0 Å². The quantitative estimate of drug-likeness (QED) is 0.745. The van der Waals surface area contributed by atoms with Crippen LogP contribution in [0.2, 0.25) is 0 Å². The molecule has 28 heavy (non-hydrogen) atoms. The summed E-state index contributed by atoms with van der Waals surface area (Å²) in [5.74, 6) is 0.601. The largest absolute Gasteiger partial charge is 0.368 e. The second-order valence-electron chi connectivity index (χ2n) is 6.75. The highest BCUT2D eigenvalue weighted by atomic mass is 16.1. The van der Waals surface area contributed by atoms with Crippen molar-refractivity contribution >= 4 is 17.4 Å². The maximum atomic E-state index is 12.3. The highest BCUT2D eigenvalue weighted by Gasteiger charge is 2.19. The van der Waals surface area contributed by atoms with Crippen LogP contribution in [0, 0.1) is 0 Å². The Morgan fingerprint density at radius 3 is 2.07 bits per heavy atom. The molecule has 0 spiro atoms. The zero-order chi connectivity index (χ0) is 19.2. The van der Waals surface area contributed by atoms with Crippen molar-refractivity contribution in [1.29, 1.82) is 0 Å². The second kappa shape index (κ2) is 8.52. The van der Waals surface area contributed by atoms with Gasteiger partial charge in [0, 0.05) is 38.4 Å². The van der Waals surface area contributed by atoms with E-state index in [-0.39, 0.29) is 5.91 Å². The zero-order valence-corrected chi connectivity index (χ0v) is 15.7. The van der Waals surface area contributed by atoms with Gasteiger partial charge in [0.15, 0.2) is 11.5 Å². The lowest BCUT2D eigenvalue weighted by atomic mass is 10.2. The summed E-state index contributed by atoms with van der Waals surface area (Å²) in [6.07, 6.45) is 0. The number of rotatable bonds is 5. The number of nitrogens with one attached hydrogen (secondary N) is 1. The molecule has 1 fully saturated rings. The number of para-hydroxylation sites is 1. The Morgan fingerprint density at radius 2 is 1.43 bits per heavy atom. The Morgan fingerprint density at radius 1 is 0.786 bits per heavy atom. The number of carbonyl (C=O) groups excluding carboxylic acids is 1. The molecule has 6 nitrogen and oxygen atoms in total. The number of anilines is 2. The summed E-state index contributed by atoms with van der Waals surface area (Å²) in [7, 11) is 0. The average molecular weight is 373 g/mol. The summed E-state index contributed by atoms with van der Waals surface area (Å²) in [6, 6.07) is 23.9. The topological polar surface area (TPSA) is 61.4 Å². The molecule has 2 heterocycles. The first-order valence-corrected chi connectivity index (χ1v) is 9.50. The van der Waals surface area contributed by atoms with Crippen LogP contribution in [-0.2, 0) is 6.54 Å². The molecule has 1 amide bonds. The Hall–Kier alpha value is -3.41. The van der Waals surface area contributed by atoms with Crippen LogP contribution in [0.15, 0.2) is 72.8 Å². The smallest absolute Gasteiger partial charge is 0.272 e. The van der Waals surface area contributed by atoms with Gasteiger partial charge in [-0.15, -0.1) is 10.2 Å². The average Bonchev–Trinajstić information content (AvgIpc) is 2.79. The molecule has 0 radical (unpaired) electrons. The highest BCUT2D eigenvalue weighted by molar-refractivity contribution is 5.92. The predicted octanol–water partition coefficient (Wildman–Crippen LogP) is 2.73. The molecule has 3 aromatic rings. The third-order valence-corrected chi connectivity index (χ3v) is 4.90. The van der Waals surface area contributed by atoms with Crippen molar-refractivity contribution in [2.45, 2.75) is 6.54 Å². The van der Waals surface area contributed by atoms with Crippen LogP contribution >= 0.6 is 0 Å².